The van der Waals surface area contributed by atoms with Crippen molar-refractivity contribution in [2.24, 2.45) is 0 Å². The molecule has 1 aliphatic rings. The molecule has 0 bridgehead atoms. The summed E-state index contributed by atoms with van der Waals surface area (Å²) in [5.74, 6) is 0.271. The number of anilines is 1. The summed E-state index contributed by atoms with van der Waals surface area (Å²) >= 11 is 0. The van der Waals surface area contributed by atoms with E-state index in [4.69, 9.17) is 4.74 Å². The Morgan fingerprint density at radius 3 is 2.61 bits per heavy atom. The summed E-state index contributed by atoms with van der Waals surface area (Å²) in [5, 5.41) is 0. The number of fused-ring (bicyclic) bond motifs is 1. The average molecular weight is 321 g/mol. The lowest BCUT2D eigenvalue weighted by Gasteiger charge is -2.33. The van der Waals surface area contributed by atoms with Crippen LogP contribution in [0.2, 0.25) is 0 Å². The number of hydrogen-bond donors (Lipinski definition) is 0. The third kappa shape index (κ3) is 3.02. The molecule has 6 heteroatoms. The molecule has 0 fully saturated rings. The first-order valence-corrected chi connectivity index (χ1v) is 7.09. The van der Waals surface area contributed by atoms with Crippen molar-refractivity contribution in [2.75, 3.05) is 4.90 Å². The standard InChI is InChI=1S/C17H14F3NO2/c1-11-16(22)21(14-7-2-3-8-15(14)23-11)10-12-5-4-6-13(9-12)17(18,19)20/h2-9,11H,10H2,1H3/t11-/m0/s1. The molecule has 0 saturated heterocycles. The number of ether oxygens (including phenoxy) is 1. The highest BCUT2D eigenvalue weighted by Gasteiger charge is 2.33. The number of halogens is 3. The van der Waals surface area contributed by atoms with Crippen molar-refractivity contribution in [3.05, 3.63) is 59.7 Å². The van der Waals surface area contributed by atoms with Gasteiger partial charge < -0.3 is 9.64 Å². The van der Waals surface area contributed by atoms with Crippen LogP contribution in [0.3, 0.4) is 0 Å². The predicted molar refractivity (Wildman–Crippen MR) is 79.2 cm³/mol. The molecule has 0 aliphatic carbocycles. The molecule has 3 rings (SSSR count). The Morgan fingerprint density at radius 1 is 1.13 bits per heavy atom. The second-order valence-electron chi connectivity index (χ2n) is 5.35. The zero-order chi connectivity index (χ0) is 16.6. The summed E-state index contributed by atoms with van der Waals surface area (Å²) < 4.78 is 44.0. The monoisotopic (exact) mass is 321 g/mol. The van der Waals surface area contributed by atoms with Gasteiger partial charge in [0.25, 0.3) is 5.91 Å². The molecule has 23 heavy (non-hydrogen) atoms. The molecule has 2 aromatic carbocycles. The largest absolute Gasteiger partial charge is 0.479 e. The van der Waals surface area contributed by atoms with Gasteiger partial charge in [0.1, 0.15) is 5.75 Å². The summed E-state index contributed by atoms with van der Waals surface area (Å²) in [6, 6.07) is 12.0. The minimum Gasteiger partial charge on any atom is -0.479 e. The van der Waals surface area contributed by atoms with Crippen molar-refractivity contribution in [3.8, 4) is 5.75 Å². The van der Waals surface area contributed by atoms with Gasteiger partial charge in [-0.05, 0) is 36.8 Å². The van der Waals surface area contributed by atoms with Gasteiger partial charge in [-0.1, -0.05) is 24.3 Å². The van der Waals surface area contributed by atoms with Crippen LogP contribution in [0.15, 0.2) is 48.5 Å². The minimum atomic E-state index is -4.41. The van der Waals surface area contributed by atoms with Crippen LogP contribution < -0.4 is 9.64 Å². The fraction of sp³-hybridized carbons (Fsp3) is 0.235. The van der Waals surface area contributed by atoms with Crippen molar-refractivity contribution < 1.29 is 22.7 Å². The first-order chi connectivity index (χ1) is 10.9. The first-order valence-electron chi connectivity index (χ1n) is 7.09. The Hall–Kier alpha value is -2.50. The van der Waals surface area contributed by atoms with E-state index in [1.165, 1.54) is 11.0 Å². The number of para-hydroxylation sites is 2. The second-order valence-corrected chi connectivity index (χ2v) is 5.35. The highest BCUT2D eigenvalue weighted by atomic mass is 19.4. The predicted octanol–water partition coefficient (Wildman–Crippen LogP) is 4.02. The van der Waals surface area contributed by atoms with Gasteiger partial charge >= 0.3 is 6.18 Å². The molecule has 1 aliphatic heterocycles. The lowest BCUT2D eigenvalue weighted by atomic mass is 10.1. The van der Waals surface area contributed by atoms with Gasteiger partial charge in [0.05, 0.1) is 17.8 Å². The van der Waals surface area contributed by atoms with Crippen LogP contribution in [0.5, 0.6) is 5.75 Å². The smallest absolute Gasteiger partial charge is 0.416 e. The minimum absolute atomic E-state index is 0.0630. The van der Waals surface area contributed by atoms with Crippen molar-refractivity contribution in [2.45, 2.75) is 25.7 Å². The molecular formula is C17H14F3NO2. The molecule has 0 unspecified atom stereocenters. The molecule has 3 nitrogen and oxygen atoms in total. The summed E-state index contributed by atoms with van der Waals surface area (Å²) in [6.45, 7) is 1.69. The van der Waals surface area contributed by atoms with E-state index in [0.29, 0.717) is 17.0 Å². The molecule has 1 atom stereocenters. The molecule has 0 saturated carbocycles. The second kappa shape index (κ2) is 5.61. The molecule has 1 amide bonds. The molecule has 0 spiro atoms. The van der Waals surface area contributed by atoms with E-state index in [0.717, 1.165) is 12.1 Å². The third-order valence-electron chi connectivity index (χ3n) is 3.67. The average Bonchev–Trinajstić information content (AvgIpc) is 2.51. The van der Waals surface area contributed by atoms with Gasteiger partial charge in [-0.25, -0.2) is 0 Å². The number of carbonyl (C=O) groups excluding carboxylic acids is 1. The van der Waals surface area contributed by atoms with Crippen molar-refractivity contribution in [3.63, 3.8) is 0 Å². The van der Waals surface area contributed by atoms with Crippen LogP contribution in [-0.2, 0) is 17.5 Å². The topological polar surface area (TPSA) is 29.5 Å². The van der Waals surface area contributed by atoms with Crippen molar-refractivity contribution in [1.82, 2.24) is 0 Å². The maximum absolute atomic E-state index is 12.8. The van der Waals surface area contributed by atoms with Crippen LogP contribution >= 0.6 is 0 Å². The highest BCUT2D eigenvalue weighted by Crippen LogP contribution is 2.35. The van der Waals surface area contributed by atoms with E-state index in [1.807, 2.05) is 0 Å². The summed E-state index contributed by atoms with van der Waals surface area (Å²) in [6.07, 6.45) is -5.08. The van der Waals surface area contributed by atoms with Crippen LogP contribution in [0, 0.1) is 0 Å². The lowest BCUT2D eigenvalue weighted by molar-refractivity contribution is -0.137. The van der Waals surface area contributed by atoms with Crippen LogP contribution in [0.4, 0.5) is 18.9 Å². The van der Waals surface area contributed by atoms with Gasteiger partial charge in [-0.15, -0.1) is 0 Å². The Bertz CT molecular complexity index is 743. The maximum atomic E-state index is 12.8. The summed E-state index contributed by atoms with van der Waals surface area (Å²) in [4.78, 5) is 13.8. The van der Waals surface area contributed by atoms with E-state index >= 15 is 0 Å². The maximum Gasteiger partial charge on any atom is 0.416 e. The van der Waals surface area contributed by atoms with Crippen LogP contribution in [0.1, 0.15) is 18.1 Å². The number of alkyl halides is 3. The van der Waals surface area contributed by atoms with Gasteiger partial charge in [-0.2, -0.15) is 13.2 Å². The van der Waals surface area contributed by atoms with E-state index < -0.39 is 17.8 Å². The zero-order valence-corrected chi connectivity index (χ0v) is 12.3. The first kappa shape index (κ1) is 15.4. The Balaban J connectivity index is 1.95. The molecule has 1 heterocycles. The molecule has 0 N–H and O–H groups in total. The van der Waals surface area contributed by atoms with Crippen LogP contribution in [-0.4, -0.2) is 12.0 Å². The lowest BCUT2D eigenvalue weighted by Crippen LogP contribution is -2.43. The van der Waals surface area contributed by atoms with Crippen LogP contribution in [0.25, 0.3) is 0 Å². The van der Waals surface area contributed by atoms with E-state index in [-0.39, 0.29) is 12.5 Å². The fourth-order valence-corrected chi connectivity index (χ4v) is 2.55. The zero-order valence-electron chi connectivity index (χ0n) is 12.3. The summed E-state index contributed by atoms with van der Waals surface area (Å²) in [7, 11) is 0. The molecule has 120 valence electrons. The van der Waals surface area contributed by atoms with Gasteiger partial charge in [0.2, 0.25) is 0 Å². The van der Waals surface area contributed by atoms with Gasteiger partial charge in [-0.3, -0.25) is 4.79 Å². The van der Waals surface area contributed by atoms with Gasteiger partial charge in [0.15, 0.2) is 6.10 Å². The number of amides is 1. The SMILES string of the molecule is C[C@@H]1Oc2ccccc2N(Cc2cccc(C(F)(F)F)c2)C1=O. The summed E-state index contributed by atoms with van der Waals surface area (Å²) in [5.41, 5.74) is 0.252. The molecule has 2 aromatic rings. The Labute approximate surface area is 131 Å². The van der Waals surface area contributed by atoms with E-state index in [2.05, 4.69) is 0 Å². The third-order valence-corrected chi connectivity index (χ3v) is 3.67. The number of nitrogens with zero attached hydrogens (tertiary/aromatic N) is 1. The number of benzene rings is 2. The number of rotatable bonds is 2. The fourth-order valence-electron chi connectivity index (χ4n) is 2.55. The van der Waals surface area contributed by atoms with E-state index in [9.17, 15) is 18.0 Å². The van der Waals surface area contributed by atoms with Gasteiger partial charge in [0, 0.05) is 0 Å². The number of carbonyl (C=O) groups is 1. The Morgan fingerprint density at radius 2 is 1.87 bits per heavy atom. The normalized spacial score (nSPS) is 17.7. The quantitative estimate of drug-likeness (QED) is 0.836. The van der Waals surface area contributed by atoms with E-state index in [1.54, 1.807) is 37.3 Å². The number of hydrogen-bond acceptors (Lipinski definition) is 2. The Kier molecular flexibility index (Phi) is 3.75. The van der Waals surface area contributed by atoms with Crippen molar-refractivity contribution in [1.29, 1.82) is 0 Å². The highest BCUT2D eigenvalue weighted by molar-refractivity contribution is 5.99. The molecular weight excluding hydrogens is 307 g/mol. The van der Waals surface area contributed by atoms with Crippen molar-refractivity contribution >= 4 is 11.6 Å². The molecule has 0 radical (unpaired) electrons. The molecule has 0 aromatic heterocycles.